The van der Waals surface area contributed by atoms with Crippen LogP contribution in [0.5, 0.6) is 17.2 Å². The SMILES string of the molecule is CCCOc1ccc(C(=O)[C@@H]2C(c3ccc(OC)c(OC)c3)=NO[C@@]23C(=O)Nc2ccccc23)cc1. The Labute approximate surface area is 208 Å². The molecule has 2 aliphatic heterocycles. The van der Waals surface area contributed by atoms with Crippen molar-refractivity contribution in [2.45, 2.75) is 18.9 Å². The van der Waals surface area contributed by atoms with Gasteiger partial charge < -0.3 is 24.4 Å². The normalized spacial score (nSPS) is 19.8. The Morgan fingerprint density at radius 3 is 2.50 bits per heavy atom. The van der Waals surface area contributed by atoms with Gasteiger partial charge in [0.25, 0.3) is 11.5 Å². The summed E-state index contributed by atoms with van der Waals surface area (Å²) in [5.41, 5.74) is 0.858. The molecule has 0 saturated heterocycles. The van der Waals surface area contributed by atoms with Crippen LogP contribution < -0.4 is 19.5 Å². The lowest BCUT2D eigenvalue weighted by atomic mass is 9.74. The summed E-state index contributed by atoms with van der Waals surface area (Å²) in [7, 11) is 3.07. The second kappa shape index (κ2) is 9.37. The van der Waals surface area contributed by atoms with Crippen LogP contribution in [0.1, 0.15) is 34.8 Å². The number of carbonyl (C=O) groups is 2. The molecule has 5 rings (SSSR count). The maximum atomic E-state index is 14.1. The second-order valence-electron chi connectivity index (χ2n) is 8.54. The molecule has 0 bridgehead atoms. The first-order valence-electron chi connectivity index (χ1n) is 11.7. The van der Waals surface area contributed by atoms with Crippen LogP contribution in [-0.4, -0.2) is 38.2 Å². The molecule has 2 atom stereocenters. The Morgan fingerprint density at radius 1 is 1.03 bits per heavy atom. The standard InChI is InChI=1S/C28H26N2O6/c1-4-15-35-19-12-9-17(10-13-19)26(31)24-25(18-11-14-22(33-2)23(16-18)34-3)30-36-28(24)20-7-5-6-8-21(20)29-27(28)32/h5-14,16,24H,4,15H2,1-3H3,(H,29,32)/t24-,28+/m0/s1. The van der Waals surface area contributed by atoms with Gasteiger partial charge in [-0.05, 0) is 55.0 Å². The summed E-state index contributed by atoms with van der Waals surface area (Å²) in [6, 6.07) is 19.3. The maximum Gasteiger partial charge on any atom is 0.277 e. The number of para-hydroxylation sites is 1. The zero-order valence-electron chi connectivity index (χ0n) is 20.2. The minimum absolute atomic E-state index is 0.296. The lowest BCUT2D eigenvalue weighted by molar-refractivity contribution is -0.140. The van der Waals surface area contributed by atoms with Crippen molar-refractivity contribution in [3.05, 3.63) is 83.4 Å². The van der Waals surface area contributed by atoms with Crippen LogP contribution in [0.4, 0.5) is 5.69 Å². The number of ketones is 1. The summed E-state index contributed by atoms with van der Waals surface area (Å²) in [5, 5.41) is 7.18. The average Bonchev–Trinajstić information content (AvgIpc) is 3.45. The summed E-state index contributed by atoms with van der Waals surface area (Å²) < 4.78 is 16.5. The van der Waals surface area contributed by atoms with E-state index < -0.39 is 17.4 Å². The molecule has 3 aromatic rings. The Balaban J connectivity index is 1.61. The van der Waals surface area contributed by atoms with Crippen molar-refractivity contribution in [2.24, 2.45) is 11.1 Å². The number of nitrogens with one attached hydrogen (secondary N) is 1. The summed E-state index contributed by atoms with van der Waals surface area (Å²) >= 11 is 0. The van der Waals surface area contributed by atoms with E-state index in [9.17, 15) is 9.59 Å². The van der Waals surface area contributed by atoms with Gasteiger partial charge in [-0.25, -0.2) is 0 Å². The van der Waals surface area contributed by atoms with Gasteiger partial charge in [0.05, 0.1) is 20.8 Å². The molecule has 3 aromatic carbocycles. The molecule has 1 N–H and O–H groups in total. The molecular weight excluding hydrogens is 460 g/mol. The highest BCUT2D eigenvalue weighted by Gasteiger charge is 2.63. The Morgan fingerprint density at radius 2 is 1.78 bits per heavy atom. The lowest BCUT2D eigenvalue weighted by Crippen LogP contribution is -2.46. The number of Topliss-reactive ketones (excluding diaryl/α,β-unsaturated/α-hetero) is 1. The van der Waals surface area contributed by atoms with Gasteiger partial charge >= 0.3 is 0 Å². The highest BCUT2D eigenvalue weighted by molar-refractivity contribution is 6.24. The van der Waals surface area contributed by atoms with E-state index in [-0.39, 0.29) is 5.78 Å². The molecule has 184 valence electrons. The summed E-state index contributed by atoms with van der Waals surface area (Å²) in [6.07, 6.45) is 0.877. The third-order valence-electron chi connectivity index (χ3n) is 6.43. The van der Waals surface area contributed by atoms with Crippen molar-refractivity contribution in [3.8, 4) is 17.2 Å². The van der Waals surface area contributed by atoms with E-state index in [1.54, 1.807) is 67.8 Å². The largest absolute Gasteiger partial charge is 0.494 e. The third kappa shape index (κ3) is 3.66. The molecule has 36 heavy (non-hydrogen) atoms. The third-order valence-corrected chi connectivity index (χ3v) is 6.43. The van der Waals surface area contributed by atoms with Crippen molar-refractivity contribution in [1.29, 1.82) is 0 Å². The zero-order valence-corrected chi connectivity index (χ0v) is 20.2. The molecule has 0 saturated carbocycles. The van der Waals surface area contributed by atoms with Crippen molar-refractivity contribution >= 4 is 23.1 Å². The molecule has 0 unspecified atom stereocenters. The van der Waals surface area contributed by atoms with E-state index in [0.717, 1.165) is 6.42 Å². The monoisotopic (exact) mass is 486 g/mol. The molecule has 1 spiro atoms. The lowest BCUT2D eigenvalue weighted by Gasteiger charge is -2.26. The Kier molecular flexibility index (Phi) is 6.10. The van der Waals surface area contributed by atoms with Crippen molar-refractivity contribution < 1.29 is 28.6 Å². The van der Waals surface area contributed by atoms with Crippen molar-refractivity contribution in [3.63, 3.8) is 0 Å². The zero-order chi connectivity index (χ0) is 25.3. The van der Waals surface area contributed by atoms with Crippen LogP contribution in [-0.2, 0) is 15.2 Å². The van der Waals surface area contributed by atoms with E-state index in [0.29, 0.717) is 51.9 Å². The van der Waals surface area contributed by atoms with Gasteiger partial charge in [-0.1, -0.05) is 30.3 Å². The van der Waals surface area contributed by atoms with Gasteiger partial charge in [0.2, 0.25) is 0 Å². The van der Waals surface area contributed by atoms with E-state index in [4.69, 9.17) is 19.0 Å². The van der Waals surface area contributed by atoms with Gasteiger partial charge in [0, 0.05) is 22.4 Å². The number of nitrogens with zero attached hydrogens (tertiary/aromatic N) is 1. The predicted molar refractivity (Wildman–Crippen MR) is 134 cm³/mol. The minimum Gasteiger partial charge on any atom is -0.494 e. The minimum atomic E-state index is -1.63. The molecule has 1 amide bonds. The van der Waals surface area contributed by atoms with Crippen LogP contribution in [0.25, 0.3) is 0 Å². The van der Waals surface area contributed by atoms with Crippen LogP contribution in [0.15, 0.2) is 71.9 Å². The Bertz CT molecular complexity index is 1350. The van der Waals surface area contributed by atoms with Crippen LogP contribution >= 0.6 is 0 Å². The molecule has 8 heteroatoms. The molecule has 0 radical (unpaired) electrons. The number of fused-ring (bicyclic) bond motifs is 2. The number of anilines is 1. The number of hydrogen-bond donors (Lipinski definition) is 1. The fourth-order valence-electron chi connectivity index (χ4n) is 4.68. The van der Waals surface area contributed by atoms with Gasteiger partial charge in [0.1, 0.15) is 17.4 Å². The number of amides is 1. The maximum absolute atomic E-state index is 14.1. The highest BCUT2D eigenvalue weighted by Crippen LogP contribution is 2.50. The van der Waals surface area contributed by atoms with Gasteiger partial charge in [0.15, 0.2) is 17.3 Å². The highest BCUT2D eigenvalue weighted by atomic mass is 16.7. The molecule has 2 heterocycles. The number of carbonyl (C=O) groups excluding carboxylic acids is 2. The first-order valence-corrected chi connectivity index (χ1v) is 11.7. The molecule has 8 nitrogen and oxygen atoms in total. The van der Waals surface area contributed by atoms with Crippen LogP contribution in [0, 0.1) is 5.92 Å². The van der Waals surface area contributed by atoms with E-state index in [1.165, 1.54) is 7.11 Å². The number of ether oxygens (including phenoxy) is 3. The summed E-state index contributed by atoms with van der Waals surface area (Å²) in [5.74, 6) is -0.104. The van der Waals surface area contributed by atoms with E-state index >= 15 is 0 Å². The van der Waals surface area contributed by atoms with Gasteiger partial charge in [-0.3, -0.25) is 9.59 Å². The first kappa shape index (κ1) is 23.4. The Hall–Kier alpha value is -4.33. The average molecular weight is 487 g/mol. The smallest absolute Gasteiger partial charge is 0.277 e. The predicted octanol–water partition coefficient (Wildman–Crippen LogP) is 4.57. The topological polar surface area (TPSA) is 95.5 Å². The fourth-order valence-corrected chi connectivity index (χ4v) is 4.68. The number of methoxy groups -OCH3 is 2. The number of rotatable bonds is 8. The molecule has 2 aliphatic rings. The van der Waals surface area contributed by atoms with E-state index in [2.05, 4.69) is 10.5 Å². The summed E-state index contributed by atoms with van der Waals surface area (Å²) in [4.78, 5) is 33.5. The molecule has 0 aromatic heterocycles. The van der Waals surface area contributed by atoms with Crippen molar-refractivity contribution in [1.82, 2.24) is 0 Å². The number of hydrogen-bond acceptors (Lipinski definition) is 7. The number of benzene rings is 3. The van der Waals surface area contributed by atoms with Crippen LogP contribution in [0.3, 0.4) is 0 Å². The van der Waals surface area contributed by atoms with E-state index in [1.807, 2.05) is 13.0 Å². The number of oxime groups is 1. The fraction of sp³-hybridized carbons (Fsp3) is 0.250. The van der Waals surface area contributed by atoms with Gasteiger partial charge in [-0.15, -0.1) is 0 Å². The quantitative estimate of drug-likeness (QED) is 0.469. The van der Waals surface area contributed by atoms with Crippen molar-refractivity contribution in [2.75, 3.05) is 26.1 Å². The second-order valence-corrected chi connectivity index (χ2v) is 8.54. The molecule has 0 aliphatic carbocycles. The first-order chi connectivity index (χ1) is 17.5. The molecule has 0 fully saturated rings. The molecular formula is C28H26N2O6. The summed E-state index contributed by atoms with van der Waals surface area (Å²) in [6.45, 7) is 2.61. The van der Waals surface area contributed by atoms with Crippen LogP contribution in [0.2, 0.25) is 0 Å². The van der Waals surface area contributed by atoms with Gasteiger partial charge in [-0.2, -0.15) is 0 Å².